The largest absolute Gasteiger partial charge is 0.240 e. The van der Waals surface area contributed by atoms with E-state index in [0.29, 0.717) is 17.4 Å². The summed E-state index contributed by atoms with van der Waals surface area (Å²) in [6, 6.07) is 6.89. The van der Waals surface area contributed by atoms with Gasteiger partial charge in [0.05, 0.1) is 4.90 Å². The van der Waals surface area contributed by atoms with Gasteiger partial charge in [0.25, 0.3) is 0 Å². The van der Waals surface area contributed by atoms with Crippen LogP contribution in [0, 0.1) is 12.8 Å². The topological polar surface area (TPSA) is 46.2 Å². The molecular weight excluding hydrogens is 234 g/mol. The molecule has 0 unspecified atom stereocenters. The molecule has 0 fully saturated rings. The molecule has 0 saturated carbocycles. The first-order valence-electron chi connectivity index (χ1n) is 5.98. The molecule has 0 spiro atoms. The minimum atomic E-state index is -3.32. The van der Waals surface area contributed by atoms with Gasteiger partial charge >= 0.3 is 0 Å². The van der Waals surface area contributed by atoms with Crippen molar-refractivity contribution in [1.82, 2.24) is 4.72 Å². The number of rotatable bonds is 6. The molecular formula is C13H21NO2S. The lowest BCUT2D eigenvalue weighted by molar-refractivity contribution is 0.540. The molecule has 0 aliphatic rings. The Morgan fingerprint density at radius 2 is 1.76 bits per heavy atom. The molecule has 0 atom stereocenters. The van der Waals surface area contributed by atoms with Crippen LogP contribution in [0.1, 0.15) is 32.3 Å². The number of nitrogens with one attached hydrogen (secondary N) is 1. The maximum atomic E-state index is 11.9. The fourth-order valence-corrected chi connectivity index (χ4v) is 2.59. The SMILES string of the molecule is Cc1ccc(S(=O)(=O)NCCCC(C)C)cc1. The van der Waals surface area contributed by atoms with Crippen LogP contribution < -0.4 is 4.72 Å². The van der Waals surface area contributed by atoms with E-state index in [1.165, 1.54) is 0 Å². The molecule has 0 heterocycles. The van der Waals surface area contributed by atoms with E-state index >= 15 is 0 Å². The van der Waals surface area contributed by atoms with E-state index in [4.69, 9.17) is 0 Å². The lowest BCUT2D eigenvalue weighted by Gasteiger charge is -2.08. The van der Waals surface area contributed by atoms with Crippen molar-refractivity contribution in [3.8, 4) is 0 Å². The summed E-state index contributed by atoms with van der Waals surface area (Å²) in [7, 11) is -3.32. The summed E-state index contributed by atoms with van der Waals surface area (Å²) >= 11 is 0. The molecule has 0 radical (unpaired) electrons. The second-order valence-corrected chi connectivity index (χ2v) is 6.51. The molecule has 3 nitrogen and oxygen atoms in total. The number of aryl methyl sites for hydroxylation is 1. The number of hydrogen-bond acceptors (Lipinski definition) is 2. The number of sulfonamides is 1. The van der Waals surface area contributed by atoms with E-state index < -0.39 is 10.0 Å². The second-order valence-electron chi connectivity index (χ2n) is 4.75. The van der Waals surface area contributed by atoms with Gasteiger partial charge in [-0.15, -0.1) is 0 Å². The third kappa shape index (κ3) is 4.88. The van der Waals surface area contributed by atoms with Crippen molar-refractivity contribution < 1.29 is 8.42 Å². The quantitative estimate of drug-likeness (QED) is 0.794. The average Bonchev–Trinajstić information content (AvgIpc) is 2.25. The number of benzene rings is 1. The van der Waals surface area contributed by atoms with E-state index in [2.05, 4.69) is 18.6 Å². The summed E-state index contributed by atoms with van der Waals surface area (Å²) in [5, 5.41) is 0. The molecule has 1 aromatic rings. The Hall–Kier alpha value is -0.870. The van der Waals surface area contributed by atoms with Crippen LogP contribution in [0.25, 0.3) is 0 Å². The van der Waals surface area contributed by atoms with E-state index in [9.17, 15) is 8.42 Å². The molecule has 0 aliphatic carbocycles. The van der Waals surface area contributed by atoms with Crippen LogP contribution in [-0.4, -0.2) is 15.0 Å². The lowest BCUT2D eigenvalue weighted by Crippen LogP contribution is -2.25. The minimum absolute atomic E-state index is 0.340. The lowest BCUT2D eigenvalue weighted by atomic mass is 10.1. The van der Waals surface area contributed by atoms with Crippen molar-refractivity contribution in [3.63, 3.8) is 0 Å². The molecule has 96 valence electrons. The van der Waals surface area contributed by atoms with E-state index in [-0.39, 0.29) is 0 Å². The summed E-state index contributed by atoms with van der Waals surface area (Å²) in [5.74, 6) is 0.610. The van der Waals surface area contributed by atoms with E-state index in [1.807, 2.05) is 19.1 Å². The van der Waals surface area contributed by atoms with Crippen LogP contribution in [-0.2, 0) is 10.0 Å². The highest BCUT2D eigenvalue weighted by Gasteiger charge is 2.12. The van der Waals surface area contributed by atoms with Crippen molar-refractivity contribution in [1.29, 1.82) is 0 Å². The van der Waals surface area contributed by atoms with E-state index in [0.717, 1.165) is 18.4 Å². The summed E-state index contributed by atoms with van der Waals surface area (Å²) in [6.45, 7) is 6.71. The average molecular weight is 255 g/mol. The van der Waals surface area contributed by atoms with Gasteiger partial charge in [-0.3, -0.25) is 0 Å². The van der Waals surface area contributed by atoms with Crippen LogP contribution in [0.2, 0.25) is 0 Å². The molecule has 0 bridgehead atoms. The summed E-state index contributed by atoms with van der Waals surface area (Å²) in [6.07, 6.45) is 1.92. The van der Waals surface area contributed by atoms with Crippen molar-refractivity contribution in [2.75, 3.05) is 6.54 Å². The van der Waals surface area contributed by atoms with Gasteiger partial charge in [-0.2, -0.15) is 0 Å². The normalized spacial score (nSPS) is 12.0. The third-order valence-electron chi connectivity index (χ3n) is 2.58. The van der Waals surface area contributed by atoms with Gasteiger partial charge in [0.2, 0.25) is 10.0 Å². The summed E-state index contributed by atoms with van der Waals surface area (Å²) in [5.41, 5.74) is 1.06. The Morgan fingerprint density at radius 3 is 2.29 bits per heavy atom. The zero-order chi connectivity index (χ0) is 12.9. The van der Waals surface area contributed by atoms with Crippen LogP contribution in [0.3, 0.4) is 0 Å². The second kappa shape index (κ2) is 6.17. The van der Waals surface area contributed by atoms with Gasteiger partial charge in [0.1, 0.15) is 0 Å². The zero-order valence-corrected chi connectivity index (χ0v) is 11.5. The van der Waals surface area contributed by atoms with Gasteiger partial charge in [-0.25, -0.2) is 13.1 Å². The fraction of sp³-hybridized carbons (Fsp3) is 0.538. The predicted molar refractivity (Wildman–Crippen MR) is 70.4 cm³/mol. The Labute approximate surface area is 104 Å². The third-order valence-corrected chi connectivity index (χ3v) is 4.06. The van der Waals surface area contributed by atoms with Crippen molar-refractivity contribution in [2.24, 2.45) is 5.92 Å². The molecule has 1 aromatic carbocycles. The first-order chi connectivity index (χ1) is 7.92. The van der Waals surface area contributed by atoms with Gasteiger partial charge in [0.15, 0.2) is 0 Å². The predicted octanol–water partition coefficient (Wildman–Crippen LogP) is 2.71. The maximum absolute atomic E-state index is 11.9. The molecule has 0 amide bonds. The molecule has 0 aliphatic heterocycles. The number of hydrogen-bond donors (Lipinski definition) is 1. The highest BCUT2D eigenvalue weighted by atomic mass is 32.2. The highest BCUT2D eigenvalue weighted by Crippen LogP contribution is 2.10. The smallest absolute Gasteiger partial charge is 0.211 e. The molecule has 17 heavy (non-hydrogen) atoms. The fourth-order valence-electron chi connectivity index (χ4n) is 1.52. The van der Waals surface area contributed by atoms with Crippen molar-refractivity contribution in [2.45, 2.75) is 38.5 Å². The standard InChI is InChI=1S/C13H21NO2S/c1-11(2)5-4-10-14-17(15,16)13-8-6-12(3)7-9-13/h6-9,11,14H,4-5,10H2,1-3H3. The van der Waals surface area contributed by atoms with Gasteiger partial charge in [0, 0.05) is 6.54 Å². The highest BCUT2D eigenvalue weighted by molar-refractivity contribution is 7.89. The summed E-state index contributed by atoms with van der Waals surface area (Å²) < 4.78 is 26.4. The Morgan fingerprint density at radius 1 is 1.18 bits per heavy atom. The maximum Gasteiger partial charge on any atom is 0.240 e. The van der Waals surface area contributed by atoms with Crippen LogP contribution >= 0.6 is 0 Å². The summed E-state index contributed by atoms with van der Waals surface area (Å²) in [4.78, 5) is 0.340. The molecule has 1 rings (SSSR count). The Bertz CT molecular complexity index is 435. The Kier molecular flexibility index (Phi) is 5.15. The van der Waals surface area contributed by atoms with Gasteiger partial charge in [-0.1, -0.05) is 31.5 Å². The van der Waals surface area contributed by atoms with Crippen molar-refractivity contribution in [3.05, 3.63) is 29.8 Å². The zero-order valence-electron chi connectivity index (χ0n) is 10.7. The first kappa shape index (κ1) is 14.2. The Balaban J connectivity index is 2.54. The van der Waals surface area contributed by atoms with Crippen LogP contribution in [0.5, 0.6) is 0 Å². The van der Waals surface area contributed by atoms with Crippen molar-refractivity contribution >= 4 is 10.0 Å². The van der Waals surface area contributed by atoms with Gasteiger partial charge in [-0.05, 0) is 37.8 Å². The van der Waals surface area contributed by atoms with E-state index in [1.54, 1.807) is 12.1 Å². The molecule has 0 aromatic heterocycles. The minimum Gasteiger partial charge on any atom is -0.211 e. The van der Waals surface area contributed by atoms with Crippen LogP contribution in [0.4, 0.5) is 0 Å². The molecule has 1 N–H and O–H groups in total. The first-order valence-corrected chi connectivity index (χ1v) is 7.46. The van der Waals surface area contributed by atoms with Crippen LogP contribution in [0.15, 0.2) is 29.2 Å². The van der Waals surface area contributed by atoms with Gasteiger partial charge < -0.3 is 0 Å². The monoisotopic (exact) mass is 255 g/mol. The molecule has 4 heteroatoms. The molecule has 0 saturated heterocycles.